The quantitative estimate of drug-likeness (QED) is 0.583. The molecule has 0 saturated heterocycles. The van der Waals surface area contributed by atoms with Gasteiger partial charge in [0.05, 0.1) is 7.11 Å². The second kappa shape index (κ2) is 8.20. The summed E-state index contributed by atoms with van der Waals surface area (Å²) in [6.07, 6.45) is 6.01. The van der Waals surface area contributed by atoms with Crippen molar-refractivity contribution in [3.8, 4) is 5.75 Å². The van der Waals surface area contributed by atoms with Gasteiger partial charge in [0.1, 0.15) is 12.3 Å². The topological polar surface area (TPSA) is 50.8 Å². The zero-order chi connectivity index (χ0) is 19.7. The maximum absolute atomic E-state index is 11.7. The molecule has 3 rings (SSSR count). The van der Waals surface area contributed by atoms with E-state index in [9.17, 15) is 4.79 Å². The zero-order valence-electron chi connectivity index (χ0n) is 16.8. The van der Waals surface area contributed by atoms with E-state index in [0.29, 0.717) is 6.04 Å². The molecule has 1 aliphatic heterocycles. The van der Waals surface area contributed by atoms with Crippen LogP contribution >= 0.6 is 6.57 Å². The number of nitrogens with zero attached hydrogens (tertiary/aromatic N) is 1. The van der Waals surface area contributed by atoms with Gasteiger partial charge in [-0.1, -0.05) is 52.2 Å². The highest BCUT2D eigenvalue weighted by molar-refractivity contribution is 8.10. The number of hydrogen-bond acceptors (Lipinski definition) is 4. The number of fused-ring (bicyclic) bond motifs is 1. The number of carbonyl (C=O) groups is 1. The Balaban J connectivity index is 1.92. The Morgan fingerprint density at radius 1 is 1.33 bits per heavy atom. The van der Waals surface area contributed by atoms with Crippen LogP contribution in [0, 0.1) is 0 Å². The summed E-state index contributed by atoms with van der Waals surface area (Å²) in [5.74, 6) is 0.524. The van der Waals surface area contributed by atoms with Gasteiger partial charge >= 0.3 is 5.97 Å². The number of carbonyl (C=O) groups excluding carboxylic acids is 1. The second-order valence-electron chi connectivity index (χ2n) is 8.48. The van der Waals surface area contributed by atoms with Crippen molar-refractivity contribution in [2.24, 2.45) is 0 Å². The molecule has 0 radical (unpaired) electrons. The molecular weight excluding hydrogens is 379 g/mol. The van der Waals surface area contributed by atoms with Gasteiger partial charge in [0.25, 0.3) is 6.57 Å². The SMILES string of the molecule is COC(=O)CNP1(=S)Oc2ccc(C(C)(C)C)cc2CN1C1CCCCC1. The lowest BCUT2D eigenvalue weighted by molar-refractivity contribution is -0.139. The summed E-state index contributed by atoms with van der Waals surface area (Å²) in [7, 11) is 1.39. The van der Waals surface area contributed by atoms with Crippen molar-refractivity contribution in [1.82, 2.24) is 9.76 Å². The van der Waals surface area contributed by atoms with Crippen molar-refractivity contribution >= 4 is 24.3 Å². The Labute approximate surface area is 168 Å². The van der Waals surface area contributed by atoms with Crippen molar-refractivity contribution in [3.05, 3.63) is 29.3 Å². The number of hydrogen-bond donors (Lipinski definition) is 1. The fourth-order valence-electron chi connectivity index (χ4n) is 3.79. The van der Waals surface area contributed by atoms with E-state index in [0.717, 1.165) is 25.1 Å². The van der Waals surface area contributed by atoms with Gasteiger partial charge in [-0.15, -0.1) is 0 Å². The van der Waals surface area contributed by atoms with Gasteiger partial charge in [0.2, 0.25) is 0 Å². The number of methoxy groups -OCH3 is 1. The van der Waals surface area contributed by atoms with Gasteiger partial charge < -0.3 is 9.26 Å². The third kappa shape index (κ3) is 4.73. The number of esters is 1. The van der Waals surface area contributed by atoms with Crippen LogP contribution in [0.15, 0.2) is 18.2 Å². The van der Waals surface area contributed by atoms with Crippen LogP contribution in [0.2, 0.25) is 0 Å². The average molecular weight is 411 g/mol. The van der Waals surface area contributed by atoms with Crippen molar-refractivity contribution in [2.45, 2.75) is 70.9 Å². The van der Waals surface area contributed by atoms with E-state index in [2.05, 4.69) is 42.7 Å². The molecular formula is C20H31N2O3PS. The summed E-state index contributed by atoms with van der Waals surface area (Å²) in [4.78, 5) is 11.7. The maximum Gasteiger partial charge on any atom is 0.320 e. The summed E-state index contributed by atoms with van der Waals surface area (Å²) in [5.41, 5.74) is 2.57. The van der Waals surface area contributed by atoms with Crippen molar-refractivity contribution in [1.29, 1.82) is 0 Å². The third-order valence-electron chi connectivity index (χ3n) is 5.47. The highest BCUT2D eigenvalue weighted by Gasteiger charge is 2.39. The Kier molecular flexibility index (Phi) is 6.31. The van der Waals surface area contributed by atoms with Gasteiger partial charge in [-0.3, -0.25) is 4.79 Å². The molecule has 1 aliphatic carbocycles. The van der Waals surface area contributed by atoms with Crippen LogP contribution in [-0.4, -0.2) is 30.3 Å². The van der Waals surface area contributed by atoms with E-state index in [1.165, 1.54) is 37.5 Å². The fourth-order valence-corrected chi connectivity index (χ4v) is 6.93. The van der Waals surface area contributed by atoms with Crippen LogP contribution in [0.1, 0.15) is 64.0 Å². The van der Waals surface area contributed by atoms with Gasteiger partial charge in [-0.2, -0.15) is 0 Å². The molecule has 1 aromatic rings. The Morgan fingerprint density at radius 3 is 2.67 bits per heavy atom. The molecule has 1 heterocycles. The second-order valence-corrected chi connectivity index (χ2v) is 12.0. The van der Waals surface area contributed by atoms with Gasteiger partial charge in [-0.05, 0) is 41.7 Å². The summed E-state index contributed by atoms with van der Waals surface area (Å²) in [5, 5.41) is 3.24. The van der Waals surface area contributed by atoms with Gasteiger partial charge in [0, 0.05) is 18.2 Å². The maximum atomic E-state index is 11.7. The molecule has 5 nitrogen and oxygen atoms in total. The molecule has 0 spiro atoms. The number of benzene rings is 1. The van der Waals surface area contributed by atoms with Gasteiger partial charge in [0.15, 0.2) is 0 Å². The molecule has 1 unspecified atom stereocenters. The van der Waals surface area contributed by atoms with E-state index in [4.69, 9.17) is 21.1 Å². The Hall–Kier alpha value is -0.940. The first-order chi connectivity index (χ1) is 12.7. The molecule has 1 fully saturated rings. The summed E-state index contributed by atoms with van der Waals surface area (Å²) in [6, 6.07) is 6.81. The minimum atomic E-state index is -2.53. The molecule has 7 heteroatoms. The molecule has 1 aromatic carbocycles. The van der Waals surface area contributed by atoms with Crippen LogP contribution in [0.4, 0.5) is 0 Å². The summed E-state index contributed by atoms with van der Waals surface area (Å²) >= 11 is 6.00. The number of nitrogens with one attached hydrogen (secondary N) is 1. The van der Waals surface area contributed by atoms with Crippen molar-refractivity contribution < 1.29 is 14.1 Å². The molecule has 1 saturated carbocycles. The molecule has 0 bridgehead atoms. The lowest BCUT2D eigenvalue weighted by Crippen LogP contribution is -2.42. The van der Waals surface area contributed by atoms with Crippen molar-refractivity contribution in [3.63, 3.8) is 0 Å². The number of ether oxygens (including phenoxy) is 1. The van der Waals surface area contributed by atoms with E-state index in [1.54, 1.807) is 0 Å². The molecule has 0 aromatic heterocycles. The smallest absolute Gasteiger partial charge is 0.320 e. The Bertz CT molecular complexity index is 741. The molecule has 27 heavy (non-hydrogen) atoms. The molecule has 150 valence electrons. The minimum absolute atomic E-state index is 0.0758. The first kappa shape index (κ1) is 20.8. The molecule has 1 N–H and O–H groups in total. The standard InChI is InChI=1S/C20H31N2O3PS/c1-20(2,3)16-10-11-18-15(12-16)14-22(17-8-6-5-7-9-17)26(27,25-18)21-13-19(23)24-4/h10-12,17H,5-9,13-14H2,1-4H3,(H,21,27). The van der Waals surface area contributed by atoms with Crippen LogP contribution in [0.5, 0.6) is 5.75 Å². The zero-order valence-corrected chi connectivity index (χ0v) is 18.5. The fraction of sp³-hybridized carbons (Fsp3) is 0.650. The third-order valence-corrected chi connectivity index (χ3v) is 8.85. The summed E-state index contributed by atoms with van der Waals surface area (Å²) < 4.78 is 13.5. The minimum Gasteiger partial charge on any atom is -0.468 e. The predicted molar refractivity (Wildman–Crippen MR) is 112 cm³/mol. The Morgan fingerprint density at radius 2 is 2.04 bits per heavy atom. The van der Waals surface area contributed by atoms with Crippen molar-refractivity contribution in [2.75, 3.05) is 13.7 Å². The first-order valence-electron chi connectivity index (χ1n) is 9.75. The molecule has 2 aliphatic rings. The van der Waals surface area contributed by atoms with Crippen LogP contribution in [-0.2, 0) is 33.3 Å². The lowest BCUT2D eigenvalue weighted by atomic mass is 9.86. The van der Waals surface area contributed by atoms with E-state index >= 15 is 0 Å². The van der Waals surface area contributed by atoms with E-state index in [-0.39, 0.29) is 17.9 Å². The highest BCUT2D eigenvalue weighted by Crippen LogP contribution is 2.55. The normalized spacial score (nSPS) is 24.1. The monoisotopic (exact) mass is 410 g/mol. The van der Waals surface area contributed by atoms with Crippen LogP contribution in [0.3, 0.4) is 0 Å². The lowest BCUT2D eigenvalue weighted by Gasteiger charge is -2.45. The molecule has 1 atom stereocenters. The van der Waals surface area contributed by atoms with Crippen LogP contribution in [0.25, 0.3) is 0 Å². The number of rotatable bonds is 4. The van der Waals surface area contributed by atoms with Gasteiger partial charge in [-0.25, -0.2) is 9.76 Å². The first-order valence-corrected chi connectivity index (χ1v) is 12.4. The summed E-state index contributed by atoms with van der Waals surface area (Å²) in [6.45, 7) is 4.98. The molecule has 0 amide bonds. The van der Waals surface area contributed by atoms with Crippen LogP contribution < -0.4 is 9.61 Å². The predicted octanol–water partition coefficient (Wildman–Crippen LogP) is 4.50. The van der Waals surface area contributed by atoms with E-state index in [1.807, 2.05) is 6.07 Å². The highest BCUT2D eigenvalue weighted by atomic mass is 32.5. The average Bonchev–Trinajstić information content (AvgIpc) is 2.65. The van der Waals surface area contributed by atoms with E-state index < -0.39 is 6.57 Å². The largest absolute Gasteiger partial charge is 0.468 e.